The third-order valence-corrected chi connectivity index (χ3v) is 6.99. The monoisotopic (exact) mass is 541 g/mol. The van der Waals surface area contributed by atoms with Crippen molar-refractivity contribution in [3.8, 4) is 6.07 Å². The number of hydrogen-bond donors (Lipinski definition) is 2. The predicted molar refractivity (Wildman–Crippen MR) is 135 cm³/mol. The minimum Gasteiger partial charge on any atom is -0.468 e. The number of nitrogens with zero attached hydrogens (tertiary/aromatic N) is 1. The van der Waals surface area contributed by atoms with E-state index in [1.807, 2.05) is 32.0 Å². The molecule has 9 heteroatoms. The predicted octanol–water partition coefficient (Wildman–Crippen LogP) is 4.43. The summed E-state index contributed by atoms with van der Waals surface area (Å²) in [7, 11) is 1.21. The number of carbonyl (C=O) groups is 3. The highest BCUT2D eigenvalue weighted by atomic mass is 79.9. The van der Waals surface area contributed by atoms with E-state index in [1.165, 1.54) is 7.11 Å². The average Bonchev–Trinajstić information content (AvgIpc) is 2.83. The van der Waals surface area contributed by atoms with Crippen LogP contribution in [0, 0.1) is 24.2 Å². The molecule has 0 saturated carbocycles. The van der Waals surface area contributed by atoms with E-state index in [-0.39, 0.29) is 22.3 Å². The van der Waals surface area contributed by atoms with Crippen molar-refractivity contribution in [2.45, 2.75) is 26.2 Å². The van der Waals surface area contributed by atoms with Crippen molar-refractivity contribution >= 4 is 51.2 Å². The number of amides is 2. The van der Waals surface area contributed by atoms with Crippen LogP contribution in [0.4, 0.5) is 5.69 Å². The number of nitrogens with one attached hydrogen (secondary N) is 2. The molecule has 0 aromatic heterocycles. The molecular weight excluding hydrogens is 518 g/mol. The molecule has 0 radical (unpaired) electrons. The van der Waals surface area contributed by atoms with Gasteiger partial charge in [0.25, 0.3) is 0 Å². The molecule has 176 valence electrons. The second kappa shape index (κ2) is 11.4. The van der Waals surface area contributed by atoms with E-state index in [1.54, 1.807) is 24.3 Å². The molecule has 0 fully saturated rings. The molecule has 0 saturated heterocycles. The Labute approximate surface area is 211 Å². The highest BCUT2D eigenvalue weighted by Gasteiger charge is 2.44. The molecule has 7 nitrogen and oxygen atoms in total. The largest absolute Gasteiger partial charge is 0.468 e. The molecule has 0 spiro atoms. The van der Waals surface area contributed by atoms with Gasteiger partial charge in [0.05, 0.1) is 29.5 Å². The van der Waals surface area contributed by atoms with Crippen molar-refractivity contribution in [2.75, 3.05) is 18.2 Å². The summed E-state index contributed by atoms with van der Waals surface area (Å²) in [6, 6.07) is 14.9. The maximum atomic E-state index is 12.9. The van der Waals surface area contributed by atoms with E-state index in [9.17, 15) is 19.6 Å². The van der Waals surface area contributed by atoms with Crippen LogP contribution < -0.4 is 10.6 Å². The van der Waals surface area contributed by atoms with Gasteiger partial charge in [0.15, 0.2) is 0 Å². The topological polar surface area (TPSA) is 108 Å². The molecule has 2 amide bonds. The number of allylic oxidation sites excluding steroid dienone is 1. The second-order valence-electron chi connectivity index (χ2n) is 7.68. The van der Waals surface area contributed by atoms with Crippen LogP contribution >= 0.6 is 27.7 Å². The number of hydrogen-bond acceptors (Lipinski definition) is 6. The number of methoxy groups -OCH3 is 1. The van der Waals surface area contributed by atoms with Crippen LogP contribution in [0.1, 0.15) is 29.5 Å². The zero-order valence-corrected chi connectivity index (χ0v) is 21.4. The summed E-state index contributed by atoms with van der Waals surface area (Å²) in [6.45, 7) is 3.93. The molecule has 2 aromatic carbocycles. The Kier molecular flexibility index (Phi) is 8.53. The van der Waals surface area contributed by atoms with Crippen molar-refractivity contribution in [3.63, 3.8) is 0 Å². The van der Waals surface area contributed by atoms with E-state index in [2.05, 4.69) is 32.6 Å². The zero-order valence-electron chi connectivity index (χ0n) is 19.0. The molecule has 2 N–H and O–H groups in total. The first kappa shape index (κ1) is 25.5. The van der Waals surface area contributed by atoms with Crippen molar-refractivity contribution in [2.24, 2.45) is 5.92 Å². The van der Waals surface area contributed by atoms with Gasteiger partial charge in [0.1, 0.15) is 5.92 Å². The third-order valence-electron chi connectivity index (χ3n) is 5.52. The summed E-state index contributed by atoms with van der Waals surface area (Å²) < 4.78 is 5.78. The molecule has 0 aliphatic carbocycles. The normalized spacial score (nSPS) is 17.6. The van der Waals surface area contributed by atoms with Gasteiger partial charge < -0.3 is 15.4 Å². The summed E-state index contributed by atoms with van der Waals surface area (Å²) >= 11 is 4.53. The lowest BCUT2D eigenvalue weighted by Crippen LogP contribution is -2.44. The second-order valence-corrected chi connectivity index (χ2v) is 9.58. The number of aryl methyl sites for hydroxylation is 2. The van der Waals surface area contributed by atoms with Gasteiger partial charge in [-0.1, -0.05) is 64.9 Å². The summed E-state index contributed by atoms with van der Waals surface area (Å²) in [4.78, 5) is 38.1. The molecule has 2 atom stereocenters. The van der Waals surface area contributed by atoms with E-state index in [4.69, 9.17) is 4.74 Å². The van der Waals surface area contributed by atoms with E-state index < -0.39 is 23.7 Å². The van der Waals surface area contributed by atoms with E-state index in [0.29, 0.717) is 5.56 Å². The highest BCUT2D eigenvalue weighted by Crippen LogP contribution is 2.40. The zero-order chi connectivity index (χ0) is 24.8. The Morgan fingerprint density at radius 1 is 1.26 bits per heavy atom. The fourth-order valence-electron chi connectivity index (χ4n) is 3.92. The number of thioether (sulfide) groups is 1. The van der Waals surface area contributed by atoms with Gasteiger partial charge in [-0.2, -0.15) is 5.26 Å². The number of halogens is 1. The lowest BCUT2D eigenvalue weighted by Gasteiger charge is -2.30. The van der Waals surface area contributed by atoms with Crippen molar-refractivity contribution in [1.82, 2.24) is 5.32 Å². The van der Waals surface area contributed by atoms with E-state index in [0.717, 1.165) is 39.5 Å². The van der Waals surface area contributed by atoms with Gasteiger partial charge in [-0.05, 0) is 42.2 Å². The minimum atomic E-state index is -1.20. The maximum Gasteiger partial charge on any atom is 0.319 e. The summed E-state index contributed by atoms with van der Waals surface area (Å²) in [5.74, 6) is -3.59. The molecule has 0 bridgehead atoms. The molecule has 2 aromatic rings. The number of benzene rings is 2. The Morgan fingerprint density at radius 3 is 2.59 bits per heavy atom. The number of ether oxygens (including phenoxy) is 1. The van der Waals surface area contributed by atoms with Crippen molar-refractivity contribution in [3.05, 3.63) is 74.2 Å². The Morgan fingerprint density at radius 2 is 1.97 bits per heavy atom. The number of rotatable bonds is 7. The van der Waals surface area contributed by atoms with Crippen LogP contribution in [0.5, 0.6) is 0 Å². The molecular formula is C25H24BrN3O4S. The lowest BCUT2D eigenvalue weighted by molar-refractivity contribution is -0.150. The number of carbonyl (C=O) groups excluding carboxylic acids is 3. The third kappa shape index (κ3) is 5.51. The lowest BCUT2D eigenvalue weighted by atomic mass is 9.78. The maximum absolute atomic E-state index is 12.9. The molecule has 1 aliphatic heterocycles. The molecule has 1 heterocycles. The number of esters is 1. The fraction of sp³-hybridized carbons (Fsp3) is 0.280. The Balaban J connectivity index is 1.88. The van der Waals surface area contributed by atoms with Crippen molar-refractivity contribution in [1.29, 1.82) is 5.26 Å². The summed E-state index contributed by atoms with van der Waals surface area (Å²) in [6.07, 6.45) is 0.747. The average molecular weight is 542 g/mol. The first-order valence-electron chi connectivity index (χ1n) is 10.6. The summed E-state index contributed by atoms with van der Waals surface area (Å²) in [5, 5.41) is 15.8. The highest BCUT2D eigenvalue weighted by molar-refractivity contribution is 9.10. The number of nitriles is 1. The quantitative estimate of drug-likeness (QED) is 0.396. The summed E-state index contributed by atoms with van der Waals surface area (Å²) in [5.41, 5.74) is 3.54. The van der Waals surface area contributed by atoms with Gasteiger partial charge in [-0.25, -0.2) is 0 Å². The van der Waals surface area contributed by atoms with Gasteiger partial charge in [-0.3, -0.25) is 14.4 Å². The molecule has 34 heavy (non-hydrogen) atoms. The van der Waals surface area contributed by atoms with Gasteiger partial charge in [0.2, 0.25) is 11.8 Å². The first-order chi connectivity index (χ1) is 16.3. The van der Waals surface area contributed by atoms with Crippen LogP contribution in [-0.2, 0) is 25.5 Å². The van der Waals surface area contributed by atoms with Crippen LogP contribution in [0.3, 0.4) is 0 Å². The van der Waals surface area contributed by atoms with Crippen LogP contribution in [0.15, 0.2) is 57.5 Å². The fourth-order valence-corrected chi connectivity index (χ4v) is 5.39. The van der Waals surface area contributed by atoms with Gasteiger partial charge in [-0.15, -0.1) is 0 Å². The van der Waals surface area contributed by atoms with Gasteiger partial charge in [0, 0.05) is 16.1 Å². The Bertz CT molecular complexity index is 1190. The van der Waals surface area contributed by atoms with Crippen LogP contribution in [0.2, 0.25) is 0 Å². The van der Waals surface area contributed by atoms with Gasteiger partial charge >= 0.3 is 5.97 Å². The smallest absolute Gasteiger partial charge is 0.319 e. The Hall–Kier alpha value is -3.09. The first-order valence-corrected chi connectivity index (χ1v) is 12.4. The molecule has 1 aliphatic rings. The molecule has 0 unspecified atom stereocenters. The van der Waals surface area contributed by atoms with Crippen LogP contribution in [-0.4, -0.2) is 30.6 Å². The molecule has 3 rings (SSSR count). The standard InChI is InChI=1S/C25H24BrN3O4S/c1-4-15-11-17(26)10-14(2)22(15)28-19(30)13-34-24-18(12-27)20(16-8-6-5-7-9-16)21(23(31)29-24)25(32)33-3/h5-11,20-21H,4,13H2,1-3H3,(H,28,30)(H,29,31)/t20-,21+/m0/s1. The SMILES string of the molecule is CCc1cc(Br)cc(C)c1NC(=O)CSC1=C(C#N)[C@H](c2ccccc2)[C@@H](C(=O)OC)C(=O)N1. The number of anilines is 1. The van der Waals surface area contributed by atoms with Crippen molar-refractivity contribution < 1.29 is 19.1 Å². The van der Waals surface area contributed by atoms with Crippen LogP contribution in [0.25, 0.3) is 0 Å². The minimum absolute atomic E-state index is 0.0240. The van der Waals surface area contributed by atoms with E-state index >= 15 is 0 Å².